The van der Waals surface area contributed by atoms with E-state index in [2.05, 4.69) is 37.2 Å². The highest BCUT2D eigenvalue weighted by atomic mass is 127. The molecule has 7 aliphatic heterocycles. The number of aromatic hydroxyl groups is 3. The number of primary amides is 1. The lowest BCUT2D eigenvalue weighted by Gasteiger charge is -2.47. The number of ether oxygens (including phenoxy) is 6. The van der Waals surface area contributed by atoms with Crippen molar-refractivity contribution >= 4 is 94.5 Å². The SMILES string of the molecule is CN[C@H](CC(C)C)C(=O)N[C@H]1C(=O)N[C@@H](CC(N)=O)C(=O)N[C@H]2C(=O)N[C@H]3C(=O)N[C@H](C(=O)N[C@H](C(=O)O)c4cc(O)cc(O)c4-c4cc3ccc4O)[C@H](O)c3ccc(c(Cl)c3)Oc3cc2cc(c3O[C@@H]2O[C@H](CO)[C@@H](O)[C@H](O)[C@H]2O[C@H]2C[C@](C)(N)[C@H](O)[C@H](C)O2)Oc2ccc(cc2Cl)[C@H]1O.I. The van der Waals surface area contributed by atoms with Crippen molar-refractivity contribution in [2.45, 2.75) is 156 Å². The second kappa shape index (κ2) is 31.6. The minimum absolute atomic E-state index is 0. The first-order chi connectivity index (χ1) is 47.7. The molecule has 0 radical (unpaired) electrons. The van der Waals surface area contributed by atoms with Crippen LogP contribution in [0.25, 0.3) is 11.1 Å². The van der Waals surface area contributed by atoms with Crippen molar-refractivity contribution in [2.75, 3.05) is 13.7 Å². The summed E-state index contributed by atoms with van der Waals surface area (Å²) >= 11 is 14.1. The van der Waals surface area contributed by atoms with Gasteiger partial charge in [-0.05, 0) is 110 Å². The van der Waals surface area contributed by atoms with Crippen molar-refractivity contribution in [2.24, 2.45) is 17.4 Å². The van der Waals surface area contributed by atoms with Crippen molar-refractivity contribution in [3.8, 4) is 57.1 Å². The molecular formula is C66H76Cl2IN9O24. The van der Waals surface area contributed by atoms with E-state index in [0.717, 1.165) is 66.7 Å². The van der Waals surface area contributed by atoms with E-state index < -0.39 is 237 Å². The third kappa shape index (κ3) is 16.5. The van der Waals surface area contributed by atoms with Crippen LogP contribution in [0.3, 0.4) is 0 Å². The number of carbonyl (C=O) groups excluding carboxylic acids is 7. The summed E-state index contributed by atoms with van der Waals surface area (Å²) in [5.74, 6) is -16.0. The number of aliphatic carboxylic acids is 1. The first-order valence-corrected chi connectivity index (χ1v) is 32.4. The number of rotatable bonds is 13. The summed E-state index contributed by atoms with van der Waals surface area (Å²) in [6.45, 7) is 5.66. The molecule has 7 aliphatic rings. The molecule has 550 valence electrons. The van der Waals surface area contributed by atoms with Crippen molar-refractivity contribution in [1.29, 1.82) is 0 Å². The van der Waals surface area contributed by atoms with Gasteiger partial charge >= 0.3 is 5.97 Å². The Bertz CT molecular complexity index is 4080. The molecule has 12 rings (SSSR count). The van der Waals surface area contributed by atoms with Gasteiger partial charge in [-0.3, -0.25) is 33.6 Å². The lowest BCUT2D eigenvalue weighted by Crippen LogP contribution is -2.64. The van der Waals surface area contributed by atoms with Gasteiger partial charge in [-0.2, -0.15) is 0 Å². The Hall–Kier alpha value is -8.47. The summed E-state index contributed by atoms with van der Waals surface area (Å²) in [5, 5.41) is 131. The Kier molecular flexibility index (Phi) is 24.1. The minimum Gasteiger partial charge on any atom is -0.508 e. The molecule has 2 fully saturated rings. The zero-order valence-electron chi connectivity index (χ0n) is 54.7. The number of nitrogens with two attached hydrogens (primary N) is 2. The van der Waals surface area contributed by atoms with Crippen LogP contribution in [0.1, 0.15) is 105 Å². The van der Waals surface area contributed by atoms with Gasteiger partial charge in [0.1, 0.15) is 89.5 Å². The summed E-state index contributed by atoms with van der Waals surface area (Å²) < 4.78 is 38.3. The minimum atomic E-state index is -2.35. The molecule has 5 aromatic carbocycles. The number of aliphatic hydroxyl groups is 6. The Labute approximate surface area is 607 Å². The van der Waals surface area contributed by atoms with Crippen LogP contribution in [0.4, 0.5) is 0 Å². The highest BCUT2D eigenvalue weighted by Crippen LogP contribution is 2.50. The molecule has 102 heavy (non-hydrogen) atoms. The molecule has 21 N–H and O–H groups in total. The predicted octanol–water partition coefficient (Wildman–Crippen LogP) is 0.724. The molecule has 0 saturated carbocycles. The van der Waals surface area contributed by atoms with Crippen LogP contribution in [-0.4, -0.2) is 191 Å². The molecular weight excluding hydrogens is 1500 g/mol. The van der Waals surface area contributed by atoms with E-state index in [-0.39, 0.29) is 70.2 Å². The zero-order valence-corrected chi connectivity index (χ0v) is 58.6. The normalized spacial score (nSPS) is 29.1. The molecule has 0 aromatic heterocycles. The molecule has 11 bridgehead atoms. The summed E-state index contributed by atoms with van der Waals surface area (Å²) in [7, 11) is 1.47. The number of amides is 7. The van der Waals surface area contributed by atoms with E-state index in [9.17, 15) is 75.0 Å². The van der Waals surface area contributed by atoms with Crippen LogP contribution in [0.2, 0.25) is 10.0 Å². The lowest BCUT2D eigenvalue weighted by molar-refractivity contribution is -0.333. The van der Waals surface area contributed by atoms with E-state index in [1.807, 2.05) is 13.8 Å². The van der Waals surface area contributed by atoms with Crippen LogP contribution in [0.15, 0.2) is 78.9 Å². The number of aliphatic hydroxyl groups excluding tert-OH is 6. The van der Waals surface area contributed by atoms with Crippen LogP contribution >= 0.6 is 47.2 Å². The smallest absolute Gasteiger partial charge is 0.330 e. The van der Waals surface area contributed by atoms with Crippen molar-refractivity contribution in [3.05, 3.63) is 117 Å². The number of fused-ring (bicyclic) bond motifs is 15. The largest absolute Gasteiger partial charge is 0.508 e. The van der Waals surface area contributed by atoms with E-state index >= 15 is 14.4 Å². The standard InChI is InChI=1S/C66H75Cl2N9O24.HI/c1-23(2)12-34(71-5)58(88)76-49-51(83)26-7-10-38(32(67)14-26)97-40-16-28-17-41(55(40)101-65-56(54(86)53(85)42(22-78)99-65)100-44-21-66(4,70)57(87)24(3)96-44)98-39-11-8-27(15-33(39)68)52(84)50-63(93)75-48(64(94)95)31-18-29(79)19-37(81)45(31)30-13-25(6-9-36(30)80)46(60(90)77-50)74-61(91)47(28)73-59(89)35(20-43(69)82)72-62(49)92;/h6-11,13-19,23-24,34-35,42,44,46-54,56-57,65,71,78-81,83-87H,12,20-22,70H2,1-5H3,(H2,69,82)(H,72,92)(H,73,89)(H,74,91)(H,75,93)(H,76,88)(H,77,90)(H,94,95);1H/t24-,34+,35-,42+,44-,46+,47+,48-,49+,50-,51+,52+,53+,54-,56+,57+,65-,66-;/m0./s1. The number of nitrogens with one attached hydrogen (secondary N) is 7. The lowest BCUT2D eigenvalue weighted by atomic mass is 9.86. The molecule has 33 nitrogen and oxygen atoms in total. The second-order valence-corrected chi connectivity index (χ2v) is 26.5. The number of carboxylic acid groups (broad SMARTS) is 1. The van der Waals surface area contributed by atoms with Gasteiger partial charge in [0, 0.05) is 34.7 Å². The molecule has 7 heterocycles. The van der Waals surface area contributed by atoms with Gasteiger partial charge in [0.25, 0.3) is 0 Å². The van der Waals surface area contributed by atoms with Crippen LogP contribution in [0.5, 0.6) is 46.0 Å². The fraction of sp³-hybridized carbons (Fsp3) is 0.424. The van der Waals surface area contributed by atoms with Crippen LogP contribution in [0, 0.1) is 5.92 Å². The maximum atomic E-state index is 16.0. The number of phenolic OH excluding ortho intramolecular Hbond substituents is 3. The molecule has 0 unspecified atom stereocenters. The first kappa shape index (κ1) is 77.7. The number of hydrogen-bond donors (Lipinski definition) is 19. The van der Waals surface area contributed by atoms with E-state index in [1.165, 1.54) is 33.0 Å². The molecule has 0 aliphatic carbocycles. The fourth-order valence-electron chi connectivity index (χ4n) is 12.5. The number of likely N-dealkylation sites (N-methyl/N-ethyl adjacent to an activating group) is 1. The zero-order chi connectivity index (χ0) is 73.5. The number of carboxylic acids is 1. The van der Waals surface area contributed by atoms with Crippen LogP contribution in [-0.2, 0) is 52.6 Å². The topological polar surface area (TPSA) is 530 Å². The molecule has 7 amide bonds. The average Bonchev–Trinajstić information content (AvgIpc) is 0.773. The summed E-state index contributed by atoms with van der Waals surface area (Å²) in [6.07, 6.45) is -18.6. The monoisotopic (exact) mass is 1580 g/mol. The van der Waals surface area contributed by atoms with Gasteiger partial charge in [-0.15, -0.1) is 24.0 Å². The fourth-order valence-corrected chi connectivity index (χ4v) is 12.9. The number of carbonyl (C=O) groups is 8. The Morgan fingerprint density at radius 2 is 1.31 bits per heavy atom. The van der Waals surface area contributed by atoms with E-state index in [1.54, 1.807) is 0 Å². The summed E-state index contributed by atoms with van der Waals surface area (Å²) in [4.78, 5) is 117. The van der Waals surface area contributed by atoms with Gasteiger partial charge < -0.3 is 128 Å². The van der Waals surface area contributed by atoms with Gasteiger partial charge in [0.15, 0.2) is 29.9 Å². The Morgan fingerprint density at radius 1 is 0.716 bits per heavy atom. The highest BCUT2D eigenvalue weighted by molar-refractivity contribution is 14.0. The van der Waals surface area contributed by atoms with Crippen molar-refractivity contribution in [3.63, 3.8) is 0 Å². The maximum Gasteiger partial charge on any atom is 0.330 e. The number of phenols is 3. The van der Waals surface area contributed by atoms with Crippen molar-refractivity contribution < 1.29 is 118 Å². The second-order valence-electron chi connectivity index (χ2n) is 25.7. The third-order valence-corrected chi connectivity index (χ3v) is 18.4. The van der Waals surface area contributed by atoms with Gasteiger partial charge in [0.2, 0.25) is 53.4 Å². The van der Waals surface area contributed by atoms with Gasteiger partial charge in [-0.25, -0.2) is 4.79 Å². The number of benzene rings is 5. The number of halogens is 3. The quantitative estimate of drug-likeness (QED) is 0.0722. The molecule has 18 atom stereocenters. The molecule has 2 saturated heterocycles. The molecule has 0 spiro atoms. The predicted molar refractivity (Wildman–Crippen MR) is 365 cm³/mol. The summed E-state index contributed by atoms with van der Waals surface area (Å²) in [6, 6.07) is -0.679. The van der Waals surface area contributed by atoms with Gasteiger partial charge in [-0.1, -0.05) is 55.2 Å². The molecule has 36 heteroatoms. The molecule has 5 aromatic rings. The highest BCUT2D eigenvalue weighted by Gasteiger charge is 2.51. The first-order valence-electron chi connectivity index (χ1n) is 31.6. The number of hydrogen-bond acceptors (Lipinski definition) is 25. The van der Waals surface area contributed by atoms with Crippen LogP contribution < -0.4 is 62.9 Å². The van der Waals surface area contributed by atoms with E-state index in [0.29, 0.717) is 0 Å². The third-order valence-electron chi connectivity index (χ3n) is 17.8. The Morgan fingerprint density at radius 3 is 1.89 bits per heavy atom. The van der Waals surface area contributed by atoms with Crippen molar-refractivity contribution in [1.82, 2.24) is 37.2 Å². The average molecular weight is 1580 g/mol. The van der Waals surface area contributed by atoms with E-state index in [4.69, 9.17) is 63.1 Å². The maximum absolute atomic E-state index is 16.0. The Balaban J connectivity index is 0.0000121. The van der Waals surface area contributed by atoms with Gasteiger partial charge in [0.05, 0.1) is 41.3 Å². The summed E-state index contributed by atoms with van der Waals surface area (Å²) in [5.41, 5.74) is 8.00.